The maximum atomic E-state index is 11.8. The van der Waals surface area contributed by atoms with Crippen molar-refractivity contribution in [2.24, 2.45) is 0 Å². The molecular formula is C19H21NO2. The molecule has 0 saturated heterocycles. The summed E-state index contributed by atoms with van der Waals surface area (Å²) in [7, 11) is 1.63. The number of ether oxygens (including phenoxy) is 1. The number of nitrogens with one attached hydrogen (secondary N) is 1. The molecule has 1 N–H and O–H groups in total. The van der Waals surface area contributed by atoms with E-state index in [1.807, 2.05) is 42.5 Å². The van der Waals surface area contributed by atoms with E-state index < -0.39 is 0 Å². The van der Waals surface area contributed by atoms with Crippen LogP contribution in [0, 0.1) is 0 Å². The zero-order chi connectivity index (χ0) is 15.6. The molecule has 1 amide bonds. The average Bonchev–Trinajstić information content (AvgIpc) is 2.56. The molecule has 0 aromatic heterocycles. The van der Waals surface area contributed by atoms with Crippen molar-refractivity contribution >= 4 is 12.0 Å². The summed E-state index contributed by atoms with van der Waals surface area (Å²) in [6.45, 7) is 0.651. The van der Waals surface area contributed by atoms with Crippen LogP contribution in [0.4, 0.5) is 0 Å². The van der Waals surface area contributed by atoms with Crippen molar-refractivity contribution in [3.8, 4) is 5.75 Å². The largest absolute Gasteiger partial charge is 0.497 e. The molecule has 2 rings (SSSR count). The normalized spacial score (nSPS) is 10.6. The van der Waals surface area contributed by atoms with E-state index in [2.05, 4.69) is 29.6 Å². The Kier molecular flexibility index (Phi) is 6.24. The number of carbonyl (C=O) groups excluding carboxylic acids is 1. The highest BCUT2D eigenvalue weighted by atomic mass is 16.5. The van der Waals surface area contributed by atoms with Crippen LogP contribution in [0.5, 0.6) is 5.75 Å². The summed E-state index contributed by atoms with van der Waals surface area (Å²) in [6.07, 6.45) is 5.36. The first-order valence-electron chi connectivity index (χ1n) is 7.39. The molecule has 0 saturated carbocycles. The van der Waals surface area contributed by atoms with Gasteiger partial charge in [0.15, 0.2) is 0 Å². The summed E-state index contributed by atoms with van der Waals surface area (Å²) in [5.74, 6) is 0.841. The van der Waals surface area contributed by atoms with Gasteiger partial charge in [-0.05, 0) is 29.7 Å². The first-order chi connectivity index (χ1) is 10.8. The van der Waals surface area contributed by atoms with Gasteiger partial charge >= 0.3 is 0 Å². The first kappa shape index (κ1) is 15.8. The van der Waals surface area contributed by atoms with Crippen LogP contribution in [0.2, 0.25) is 0 Å². The molecule has 0 radical (unpaired) electrons. The van der Waals surface area contributed by atoms with E-state index >= 15 is 0 Å². The molecule has 0 aliphatic carbocycles. The Bertz CT molecular complexity index is 603. The predicted octanol–water partition coefficient (Wildman–Crippen LogP) is 3.46. The number of amides is 1. The van der Waals surface area contributed by atoms with Gasteiger partial charge in [-0.15, -0.1) is 0 Å². The third kappa shape index (κ3) is 5.44. The van der Waals surface area contributed by atoms with E-state index in [1.165, 1.54) is 5.56 Å². The van der Waals surface area contributed by atoms with E-state index in [-0.39, 0.29) is 5.91 Å². The summed E-state index contributed by atoms with van der Waals surface area (Å²) < 4.78 is 5.09. The van der Waals surface area contributed by atoms with E-state index in [0.29, 0.717) is 13.0 Å². The van der Waals surface area contributed by atoms with Crippen LogP contribution in [0.25, 0.3) is 6.08 Å². The highest BCUT2D eigenvalue weighted by Gasteiger charge is 2.02. The summed E-state index contributed by atoms with van der Waals surface area (Å²) in [5.41, 5.74) is 2.16. The van der Waals surface area contributed by atoms with Gasteiger partial charge in [0.2, 0.25) is 5.91 Å². The van der Waals surface area contributed by atoms with Gasteiger partial charge in [-0.25, -0.2) is 0 Å². The lowest BCUT2D eigenvalue weighted by atomic mass is 10.1. The Morgan fingerprint density at radius 1 is 1.09 bits per heavy atom. The standard InChI is InChI=1S/C19H21NO2/c1-22-18-12-10-17(11-13-18)15-19(21)20-14-6-5-9-16-7-3-2-4-8-16/h2-5,7-13H,6,14-15H2,1H3,(H,20,21)/b9-5+. The van der Waals surface area contributed by atoms with Gasteiger partial charge in [0, 0.05) is 6.54 Å². The van der Waals surface area contributed by atoms with E-state index in [4.69, 9.17) is 4.74 Å². The van der Waals surface area contributed by atoms with Gasteiger partial charge in [-0.2, -0.15) is 0 Å². The molecule has 0 bridgehead atoms. The van der Waals surface area contributed by atoms with Crippen molar-refractivity contribution in [3.63, 3.8) is 0 Å². The van der Waals surface area contributed by atoms with Crippen LogP contribution in [-0.4, -0.2) is 19.6 Å². The second kappa shape index (κ2) is 8.67. The molecule has 0 heterocycles. The number of methoxy groups -OCH3 is 1. The third-order valence-electron chi connectivity index (χ3n) is 3.27. The summed E-state index contributed by atoms with van der Waals surface area (Å²) in [4.78, 5) is 11.8. The maximum absolute atomic E-state index is 11.8. The minimum atomic E-state index is 0.0401. The van der Waals surface area contributed by atoms with Crippen molar-refractivity contribution < 1.29 is 9.53 Å². The van der Waals surface area contributed by atoms with Crippen LogP contribution in [0.15, 0.2) is 60.7 Å². The second-order valence-corrected chi connectivity index (χ2v) is 4.98. The molecule has 0 atom stereocenters. The van der Waals surface area contributed by atoms with Crippen LogP contribution >= 0.6 is 0 Å². The zero-order valence-electron chi connectivity index (χ0n) is 12.8. The number of carbonyl (C=O) groups is 1. The molecule has 0 fully saturated rings. The number of benzene rings is 2. The molecule has 0 unspecified atom stereocenters. The number of hydrogen-bond acceptors (Lipinski definition) is 2. The van der Waals surface area contributed by atoms with Crippen molar-refractivity contribution in [1.29, 1.82) is 0 Å². The fourth-order valence-electron chi connectivity index (χ4n) is 2.07. The molecule has 0 aliphatic heterocycles. The van der Waals surface area contributed by atoms with Crippen LogP contribution < -0.4 is 10.1 Å². The van der Waals surface area contributed by atoms with E-state index in [0.717, 1.165) is 17.7 Å². The SMILES string of the molecule is COc1ccc(CC(=O)NCC/C=C/c2ccccc2)cc1. The average molecular weight is 295 g/mol. The van der Waals surface area contributed by atoms with E-state index in [1.54, 1.807) is 7.11 Å². The molecule has 114 valence electrons. The smallest absolute Gasteiger partial charge is 0.224 e. The lowest BCUT2D eigenvalue weighted by molar-refractivity contribution is -0.120. The van der Waals surface area contributed by atoms with E-state index in [9.17, 15) is 4.79 Å². The molecule has 3 nitrogen and oxygen atoms in total. The van der Waals surface area contributed by atoms with Gasteiger partial charge in [0.1, 0.15) is 5.75 Å². The zero-order valence-corrected chi connectivity index (χ0v) is 12.8. The maximum Gasteiger partial charge on any atom is 0.224 e. The molecule has 22 heavy (non-hydrogen) atoms. The van der Waals surface area contributed by atoms with Crippen molar-refractivity contribution in [1.82, 2.24) is 5.32 Å². The Hall–Kier alpha value is -2.55. The predicted molar refractivity (Wildman–Crippen MR) is 89.8 cm³/mol. The lowest BCUT2D eigenvalue weighted by Crippen LogP contribution is -2.25. The molecule has 2 aromatic carbocycles. The Morgan fingerprint density at radius 2 is 1.82 bits per heavy atom. The Morgan fingerprint density at radius 3 is 2.50 bits per heavy atom. The van der Waals surface area contributed by atoms with Gasteiger partial charge in [-0.3, -0.25) is 4.79 Å². The Balaban J connectivity index is 1.68. The number of hydrogen-bond donors (Lipinski definition) is 1. The fraction of sp³-hybridized carbons (Fsp3) is 0.211. The molecule has 3 heteroatoms. The molecule has 0 spiro atoms. The first-order valence-corrected chi connectivity index (χ1v) is 7.39. The van der Waals surface area contributed by atoms with Crippen LogP contribution in [-0.2, 0) is 11.2 Å². The lowest BCUT2D eigenvalue weighted by Gasteiger charge is -2.05. The second-order valence-electron chi connectivity index (χ2n) is 4.98. The van der Waals surface area contributed by atoms with Crippen molar-refractivity contribution in [2.75, 3.05) is 13.7 Å². The van der Waals surface area contributed by atoms with Gasteiger partial charge in [-0.1, -0.05) is 54.6 Å². The van der Waals surface area contributed by atoms with Crippen LogP contribution in [0.1, 0.15) is 17.5 Å². The summed E-state index contributed by atoms with van der Waals surface area (Å²) in [5, 5.41) is 2.92. The monoisotopic (exact) mass is 295 g/mol. The summed E-state index contributed by atoms with van der Waals surface area (Å²) in [6, 6.07) is 17.7. The summed E-state index contributed by atoms with van der Waals surface area (Å²) >= 11 is 0. The van der Waals surface area contributed by atoms with Gasteiger partial charge in [0.05, 0.1) is 13.5 Å². The number of rotatable bonds is 7. The van der Waals surface area contributed by atoms with Crippen LogP contribution in [0.3, 0.4) is 0 Å². The van der Waals surface area contributed by atoms with Crippen molar-refractivity contribution in [2.45, 2.75) is 12.8 Å². The van der Waals surface area contributed by atoms with Gasteiger partial charge in [0.25, 0.3) is 0 Å². The third-order valence-corrected chi connectivity index (χ3v) is 3.27. The quantitative estimate of drug-likeness (QED) is 0.794. The highest BCUT2D eigenvalue weighted by molar-refractivity contribution is 5.78. The minimum absolute atomic E-state index is 0.0401. The molecular weight excluding hydrogens is 274 g/mol. The topological polar surface area (TPSA) is 38.3 Å². The molecule has 2 aromatic rings. The fourth-order valence-corrected chi connectivity index (χ4v) is 2.07. The minimum Gasteiger partial charge on any atom is -0.497 e. The van der Waals surface area contributed by atoms with Crippen molar-refractivity contribution in [3.05, 3.63) is 71.8 Å². The highest BCUT2D eigenvalue weighted by Crippen LogP contribution is 2.11. The Labute approximate surface area is 131 Å². The molecule has 0 aliphatic rings. The van der Waals surface area contributed by atoms with Gasteiger partial charge < -0.3 is 10.1 Å².